The van der Waals surface area contributed by atoms with Crippen LogP contribution in [0.4, 0.5) is 13.2 Å². The molecule has 0 bridgehead atoms. The van der Waals surface area contributed by atoms with Crippen LogP contribution in [0.15, 0.2) is 57.9 Å². The fourth-order valence-electron chi connectivity index (χ4n) is 2.71. The Morgan fingerprint density at radius 1 is 1.14 bits per heavy atom. The summed E-state index contributed by atoms with van der Waals surface area (Å²) >= 11 is 3.04. The number of nitrogens with zero attached hydrogens (tertiary/aromatic N) is 1. The Morgan fingerprint density at radius 2 is 1.79 bits per heavy atom. The molecule has 0 radical (unpaired) electrons. The quantitative estimate of drug-likeness (QED) is 0.506. The van der Waals surface area contributed by atoms with Crippen LogP contribution >= 0.6 is 15.9 Å². The molecule has 3 rings (SSSR count). The second kappa shape index (κ2) is 7.25. The van der Waals surface area contributed by atoms with E-state index in [9.17, 15) is 26.4 Å². The molecule has 3 aromatic rings. The van der Waals surface area contributed by atoms with E-state index in [4.69, 9.17) is 4.74 Å². The molecular weight excluding hydrogens is 463 g/mol. The average Bonchev–Trinajstić information content (AvgIpc) is 3.03. The molecule has 1 heterocycles. The molecule has 0 saturated carbocycles. The zero-order valence-corrected chi connectivity index (χ0v) is 16.7. The van der Waals surface area contributed by atoms with Crippen molar-refractivity contribution in [1.29, 1.82) is 0 Å². The normalized spacial score (nSPS) is 12.3. The highest BCUT2D eigenvalue weighted by molar-refractivity contribution is 9.10. The van der Waals surface area contributed by atoms with Gasteiger partial charge in [0.25, 0.3) is 10.0 Å². The summed E-state index contributed by atoms with van der Waals surface area (Å²) in [5.74, 6) is -0.960. The van der Waals surface area contributed by atoms with Gasteiger partial charge in [0.05, 0.1) is 22.6 Å². The molecule has 148 valence electrons. The van der Waals surface area contributed by atoms with Crippen LogP contribution in [0.5, 0.6) is 0 Å². The maximum atomic E-state index is 13.3. The molecule has 0 fully saturated rings. The van der Waals surface area contributed by atoms with Gasteiger partial charge in [-0.05, 0) is 37.3 Å². The summed E-state index contributed by atoms with van der Waals surface area (Å²) in [7, 11) is -4.37. The maximum absolute atomic E-state index is 13.3. The summed E-state index contributed by atoms with van der Waals surface area (Å²) in [6, 6.07) is 9.84. The number of carbonyl (C=O) groups excluding carboxylic acids is 1. The number of hydrogen-bond donors (Lipinski definition) is 0. The molecule has 10 heteroatoms. The van der Waals surface area contributed by atoms with E-state index < -0.39 is 27.7 Å². The minimum Gasteiger partial charge on any atom is -0.461 e. The fourth-order valence-corrected chi connectivity index (χ4v) is 4.78. The van der Waals surface area contributed by atoms with Crippen molar-refractivity contribution in [2.45, 2.75) is 18.0 Å². The van der Waals surface area contributed by atoms with E-state index in [2.05, 4.69) is 15.9 Å². The Bertz CT molecular complexity index is 1160. The molecule has 0 aliphatic carbocycles. The van der Waals surface area contributed by atoms with Crippen molar-refractivity contribution in [3.05, 3.63) is 64.3 Å². The highest BCUT2D eigenvalue weighted by Gasteiger charge is 2.34. The zero-order valence-electron chi connectivity index (χ0n) is 14.3. The van der Waals surface area contributed by atoms with E-state index >= 15 is 0 Å². The molecule has 5 nitrogen and oxygen atoms in total. The molecule has 0 atom stereocenters. The number of esters is 1. The number of hydrogen-bond acceptors (Lipinski definition) is 4. The average molecular weight is 476 g/mol. The summed E-state index contributed by atoms with van der Waals surface area (Å²) in [5, 5.41) is 0.135. The first kappa shape index (κ1) is 20.4. The second-order valence-corrected chi connectivity index (χ2v) is 8.36. The molecule has 28 heavy (non-hydrogen) atoms. The van der Waals surface area contributed by atoms with Gasteiger partial charge in [0.2, 0.25) is 0 Å². The van der Waals surface area contributed by atoms with Crippen LogP contribution in [0.1, 0.15) is 23.0 Å². The fraction of sp³-hybridized carbons (Fsp3) is 0.167. The first-order valence-corrected chi connectivity index (χ1v) is 10.2. The minimum atomic E-state index is -4.70. The van der Waals surface area contributed by atoms with Crippen LogP contribution in [-0.2, 0) is 20.9 Å². The Morgan fingerprint density at radius 3 is 2.36 bits per heavy atom. The predicted molar refractivity (Wildman–Crippen MR) is 99.6 cm³/mol. The van der Waals surface area contributed by atoms with Gasteiger partial charge >= 0.3 is 12.1 Å². The van der Waals surface area contributed by atoms with Gasteiger partial charge in [0.1, 0.15) is 5.69 Å². The number of benzene rings is 2. The van der Waals surface area contributed by atoms with Crippen LogP contribution in [-0.4, -0.2) is 25.0 Å². The standard InChI is InChI=1S/C18H13BrF3NO4S/c1-2-27-17(24)16-10-13-14(19)8-11(18(20,21)22)9-15(13)23(16)28(25,26)12-6-4-3-5-7-12/h3-10H,2H2,1H3. The van der Waals surface area contributed by atoms with Gasteiger partial charge in [-0.25, -0.2) is 17.2 Å². The maximum Gasteiger partial charge on any atom is 0.416 e. The van der Waals surface area contributed by atoms with Crippen LogP contribution in [0.25, 0.3) is 10.9 Å². The van der Waals surface area contributed by atoms with Gasteiger partial charge in [-0.15, -0.1) is 0 Å². The van der Waals surface area contributed by atoms with Gasteiger partial charge in [-0.3, -0.25) is 0 Å². The smallest absolute Gasteiger partial charge is 0.416 e. The number of rotatable bonds is 4. The van der Waals surface area contributed by atoms with Crippen molar-refractivity contribution in [2.24, 2.45) is 0 Å². The Hall–Kier alpha value is -2.33. The van der Waals surface area contributed by atoms with Crippen molar-refractivity contribution in [1.82, 2.24) is 3.97 Å². The molecule has 0 aliphatic heterocycles. The summed E-state index contributed by atoms with van der Waals surface area (Å²) in [4.78, 5) is 12.2. The van der Waals surface area contributed by atoms with Crippen LogP contribution in [0.3, 0.4) is 0 Å². The topological polar surface area (TPSA) is 65.4 Å². The summed E-state index contributed by atoms with van der Waals surface area (Å²) in [6.07, 6.45) is -4.70. The number of fused-ring (bicyclic) bond motifs is 1. The minimum absolute atomic E-state index is 0.00452. The lowest BCUT2D eigenvalue weighted by Gasteiger charge is -2.13. The van der Waals surface area contributed by atoms with E-state index in [0.717, 1.165) is 6.07 Å². The third-order valence-electron chi connectivity index (χ3n) is 3.92. The van der Waals surface area contributed by atoms with Crippen molar-refractivity contribution in [3.8, 4) is 0 Å². The molecule has 0 spiro atoms. The Kier molecular flexibility index (Phi) is 5.28. The van der Waals surface area contributed by atoms with Gasteiger partial charge in [-0.1, -0.05) is 34.1 Å². The van der Waals surface area contributed by atoms with Crippen molar-refractivity contribution >= 4 is 42.8 Å². The van der Waals surface area contributed by atoms with Crippen molar-refractivity contribution in [3.63, 3.8) is 0 Å². The lowest BCUT2D eigenvalue weighted by atomic mass is 10.1. The second-order valence-electron chi connectivity index (χ2n) is 5.72. The SMILES string of the molecule is CCOC(=O)c1cc2c(Br)cc(C(F)(F)F)cc2n1S(=O)(=O)c1ccccc1. The largest absolute Gasteiger partial charge is 0.461 e. The molecule has 0 unspecified atom stereocenters. The van der Waals surface area contributed by atoms with E-state index in [1.165, 1.54) is 37.3 Å². The Balaban J connectivity index is 2.42. The highest BCUT2D eigenvalue weighted by Crippen LogP contribution is 2.38. The van der Waals surface area contributed by atoms with Gasteiger partial charge < -0.3 is 4.74 Å². The number of carbonyl (C=O) groups is 1. The van der Waals surface area contributed by atoms with Gasteiger partial charge in [-0.2, -0.15) is 13.2 Å². The third-order valence-corrected chi connectivity index (χ3v) is 6.32. The highest BCUT2D eigenvalue weighted by atomic mass is 79.9. The van der Waals surface area contributed by atoms with Gasteiger partial charge in [0, 0.05) is 9.86 Å². The van der Waals surface area contributed by atoms with E-state index in [1.807, 2.05) is 0 Å². The van der Waals surface area contributed by atoms with Gasteiger partial charge in [0.15, 0.2) is 0 Å². The van der Waals surface area contributed by atoms with Crippen molar-refractivity contribution < 1.29 is 31.1 Å². The molecule has 0 N–H and O–H groups in total. The van der Waals surface area contributed by atoms with Crippen molar-refractivity contribution in [2.75, 3.05) is 6.61 Å². The predicted octanol–water partition coefficient (Wildman–Crippen LogP) is 4.84. The monoisotopic (exact) mass is 475 g/mol. The van der Waals surface area contributed by atoms with E-state index in [-0.39, 0.29) is 32.6 Å². The number of halogens is 4. The number of ether oxygens (including phenoxy) is 1. The molecule has 0 amide bonds. The number of alkyl halides is 3. The lowest BCUT2D eigenvalue weighted by Crippen LogP contribution is -2.20. The molecule has 1 aromatic heterocycles. The summed E-state index contributed by atoms with van der Waals surface area (Å²) in [5.41, 5.74) is -1.72. The first-order chi connectivity index (χ1) is 13.1. The van der Waals surface area contributed by atoms with E-state index in [0.29, 0.717) is 10.0 Å². The lowest BCUT2D eigenvalue weighted by molar-refractivity contribution is -0.137. The van der Waals surface area contributed by atoms with Crippen LogP contribution in [0, 0.1) is 0 Å². The third kappa shape index (κ3) is 3.53. The summed E-state index contributed by atoms with van der Waals surface area (Å²) in [6.45, 7) is 1.51. The molecular formula is C18H13BrF3NO4S. The molecule has 0 saturated heterocycles. The zero-order chi connectivity index (χ0) is 20.7. The van der Waals surface area contributed by atoms with Crippen LogP contribution < -0.4 is 0 Å². The Labute approximate surface area is 166 Å². The first-order valence-electron chi connectivity index (χ1n) is 7.97. The van der Waals surface area contributed by atoms with Crippen LogP contribution in [0.2, 0.25) is 0 Å². The molecule has 2 aromatic carbocycles. The summed E-state index contributed by atoms with van der Waals surface area (Å²) < 4.78 is 71.6. The van der Waals surface area contributed by atoms with E-state index in [1.54, 1.807) is 6.07 Å². The number of aromatic nitrogens is 1. The molecule has 0 aliphatic rings.